The van der Waals surface area contributed by atoms with Gasteiger partial charge in [0.2, 0.25) is 6.35 Å². The third-order valence-electron chi connectivity index (χ3n) is 7.12. The summed E-state index contributed by atoms with van der Waals surface area (Å²) in [4.78, 5) is 32.5. The summed E-state index contributed by atoms with van der Waals surface area (Å²) in [6.07, 6.45) is -1.37. The van der Waals surface area contributed by atoms with Gasteiger partial charge >= 0.3 is 0 Å². The van der Waals surface area contributed by atoms with Gasteiger partial charge in [0.25, 0.3) is 11.5 Å². The van der Waals surface area contributed by atoms with Gasteiger partial charge in [0, 0.05) is 49.0 Å². The third-order valence-corrected chi connectivity index (χ3v) is 7.12. The Morgan fingerprint density at radius 1 is 0.795 bits per heavy atom. The summed E-state index contributed by atoms with van der Waals surface area (Å²) in [6.45, 7) is 3.05. The molecule has 1 atom stereocenters. The predicted octanol–water partition coefficient (Wildman–Crippen LogP) is 4.04. The molecule has 39 heavy (non-hydrogen) atoms. The van der Waals surface area contributed by atoms with Gasteiger partial charge in [-0.1, -0.05) is 36.4 Å². The van der Waals surface area contributed by atoms with E-state index in [9.17, 15) is 14.7 Å². The minimum Gasteiger partial charge on any atom is -0.378 e. The smallest absolute Gasteiger partial charge is 0.267 e. The zero-order valence-electron chi connectivity index (χ0n) is 21.5. The maximum atomic E-state index is 14.1. The highest BCUT2D eigenvalue weighted by Gasteiger charge is 2.42. The second-order valence-corrected chi connectivity index (χ2v) is 9.49. The van der Waals surface area contributed by atoms with Gasteiger partial charge in [-0.2, -0.15) is 0 Å². The van der Waals surface area contributed by atoms with Crippen molar-refractivity contribution < 1.29 is 14.6 Å². The fraction of sp³-hybridized carbons (Fsp3) is 0.200. The van der Waals surface area contributed by atoms with Gasteiger partial charge < -0.3 is 20.1 Å². The van der Waals surface area contributed by atoms with Crippen LogP contribution in [0.15, 0.2) is 95.8 Å². The lowest BCUT2D eigenvalue weighted by Gasteiger charge is -2.43. The van der Waals surface area contributed by atoms with Gasteiger partial charge in [-0.15, -0.1) is 0 Å². The summed E-state index contributed by atoms with van der Waals surface area (Å²) in [5, 5.41) is 14.9. The Hall–Kier alpha value is -4.60. The summed E-state index contributed by atoms with van der Waals surface area (Å²) in [6, 6.07) is 27.6. The van der Waals surface area contributed by atoms with Crippen molar-refractivity contribution in [2.45, 2.75) is 6.35 Å². The molecule has 2 aliphatic heterocycles. The van der Waals surface area contributed by atoms with Crippen LogP contribution in [0.2, 0.25) is 0 Å². The highest BCUT2D eigenvalue weighted by atomic mass is 16.5. The first kappa shape index (κ1) is 24.7. The number of ether oxygens (including phenoxy) is 1. The largest absolute Gasteiger partial charge is 0.378 e. The molecule has 1 saturated heterocycles. The maximum Gasteiger partial charge on any atom is 0.267 e. The average molecular weight is 524 g/mol. The molecule has 4 aromatic rings. The fourth-order valence-electron chi connectivity index (χ4n) is 5.14. The van der Waals surface area contributed by atoms with Gasteiger partial charge in [-0.05, 0) is 48.5 Å². The summed E-state index contributed by atoms with van der Waals surface area (Å²) >= 11 is 0. The van der Waals surface area contributed by atoms with Gasteiger partial charge in [0.1, 0.15) is 11.4 Å². The maximum absolute atomic E-state index is 14.1. The zero-order chi connectivity index (χ0) is 26.9. The normalized spacial score (nSPS) is 17.2. The van der Waals surface area contributed by atoms with E-state index in [4.69, 9.17) is 4.74 Å². The summed E-state index contributed by atoms with van der Waals surface area (Å²) < 4.78 is 6.85. The van der Waals surface area contributed by atoms with Crippen molar-refractivity contribution in [1.82, 2.24) is 4.57 Å². The van der Waals surface area contributed by atoms with Crippen LogP contribution in [0.3, 0.4) is 0 Å². The van der Waals surface area contributed by atoms with E-state index in [-0.39, 0.29) is 11.1 Å². The molecule has 0 spiro atoms. The number of fused-ring (bicyclic) bond motifs is 1. The number of pyridine rings is 1. The Bertz CT molecular complexity index is 1530. The molecule has 0 bridgehead atoms. The molecule has 1 aromatic heterocycles. The SMILES string of the molecule is Cn1c2c(c(Nc3ccc(N4CCOCC4)cc3)cc1=O)C(=O)N(c1ccccc1)C(O)N2c1ccccc1. The van der Waals surface area contributed by atoms with Gasteiger partial charge in [0.05, 0.1) is 18.9 Å². The molecule has 198 valence electrons. The molecule has 9 heteroatoms. The second kappa shape index (κ2) is 10.3. The van der Waals surface area contributed by atoms with E-state index < -0.39 is 12.3 Å². The Morgan fingerprint density at radius 2 is 1.38 bits per heavy atom. The molecule has 6 rings (SSSR count). The minimum absolute atomic E-state index is 0.285. The summed E-state index contributed by atoms with van der Waals surface area (Å²) in [5.74, 6) is -0.107. The van der Waals surface area contributed by atoms with Gasteiger partial charge in [0.15, 0.2) is 0 Å². The van der Waals surface area contributed by atoms with Crippen LogP contribution in [-0.4, -0.2) is 48.2 Å². The molecule has 1 unspecified atom stereocenters. The van der Waals surface area contributed by atoms with Crippen LogP contribution in [0.4, 0.5) is 34.3 Å². The number of morpholine rings is 1. The first-order valence-electron chi connectivity index (χ1n) is 12.9. The van der Waals surface area contributed by atoms with Crippen LogP contribution in [0.1, 0.15) is 10.4 Å². The van der Waals surface area contributed by atoms with Crippen molar-refractivity contribution in [3.63, 3.8) is 0 Å². The molecular weight excluding hydrogens is 494 g/mol. The third kappa shape index (κ3) is 4.52. The van der Waals surface area contributed by atoms with E-state index >= 15 is 0 Å². The van der Waals surface area contributed by atoms with E-state index in [2.05, 4.69) is 10.2 Å². The predicted molar refractivity (Wildman–Crippen MR) is 152 cm³/mol. The molecule has 9 nitrogen and oxygen atoms in total. The number of anilines is 6. The number of hydrogen-bond donors (Lipinski definition) is 2. The quantitative estimate of drug-likeness (QED) is 0.408. The summed E-state index contributed by atoms with van der Waals surface area (Å²) in [5.41, 5.74) is 3.34. The molecule has 3 heterocycles. The van der Waals surface area contributed by atoms with Crippen molar-refractivity contribution in [2.75, 3.05) is 46.3 Å². The number of nitrogens with zero attached hydrogens (tertiary/aromatic N) is 4. The number of rotatable bonds is 5. The van der Waals surface area contributed by atoms with Crippen LogP contribution in [0.25, 0.3) is 0 Å². The molecule has 1 amide bonds. The van der Waals surface area contributed by atoms with E-state index in [1.54, 1.807) is 24.1 Å². The van der Waals surface area contributed by atoms with Crippen LogP contribution >= 0.6 is 0 Å². The zero-order valence-corrected chi connectivity index (χ0v) is 21.5. The number of aliphatic hydroxyl groups excluding tert-OH is 1. The number of benzene rings is 3. The number of aliphatic hydroxyl groups is 1. The number of carbonyl (C=O) groups is 1. The highest BCUT2D eigenvalue weighted by molar-refractivity contribution is 6.16. The Morgan fingerprint density at radius 3 is 2.00 bits per heavy atom. The molecule has 1 fully saturated rings. The fourth-order valence-corrected chi connectivity index (χ4v) is 5.14. The van der Waals surface area contributed by atoms with Crippen LogP contribution in [0.5, 0.6) is 0 Å². The Kier molecular flexibility index (Phi) is 6.52. The van der Waals surface area contributed by atoms with Crippen LogP contribution in [0, 0.1) is 0 Å². The average Bonchev–Trinajstić information content (AvgIpc) is 2.97. The van der Waals surface area contributed by atoms with Crippen LogP contribution < -0.4 is 25.6 Å². The van der Waals surface area contributed by atoms with Crippen molar-refractivity contribution in [1.29, 1.82) is 0 Å². The van der Waals surface area contributed by atoms with Crippen molar-refractivity contribution in [3.8, 4) is 0 Å². The minimum atomic E-state index is -1.37. The second-order valence-electron chi connectivity index (χ2n) is 9.49. The monoisotopic (exact) mass is 523 g/mol. The van der Waals surface area contributed by atoms with E-state index in [0.717, 1.165) is 24.5 Å². The number of amides is 1. The lowest BCUT2D eigenvalue weighted by Crippen LogP contribution is -2.55. The number of para-hydroxylation sites is 2. The van der Waals surface area contributed by atoms with Gasteiger partial charge in [-0.3, -0.25) is 24.0 Å². The number of aromatic nitrogens is 1. The topological polar surface area (TPSA) is 90.3 Å². The lowest BCUT2D eigenvalue weighted by molar-refractivity contribution is 0.0872. The van der Waals surface area contributed by atoms with E-state index in [1.807, 2.05) is 72.8 Å². The number of nitrogens with one attached hydrogen (secondary N) is 1. The van der Waals surface area contributed by atoms with Crippen molar-refractivity contribution in [2.24, 2.45) is 7.05 Å². The van der Waals surface area contributed by atoms with Crippen molar-refractivity contribution in [3.05, 3.63) is 107 Å². The highest BCUT2D eigenvalue weighted by Crippen LogP contribution is 2.41. The standard InChI is InChI=1S/C30H29N5O4/c1-32-26(36)20-25(31-21-12-14-22(15-13-21)33-16-18-39-19-17-33)27-28(32)34(23-8-4-2-5-9-23)30(38)35(29(27)37)24-10-6-3-7-11-24/h2-15,20,30-31,38H,16-19H2,1H3. The van der Waals surface area contributed by atoms with Crippen LogP contribution in [-0.2, 0) is 11.8 Å². The molecule has 2 N–H and O–H groups in total. The molecular formula is C30H29N5O4. The number of carbonyl (C=O) groups excluding carboxylic acids is 1. The van der Waals surface area contributed by atoms with E-state index in [1.165, 1.54) is 15.5 Å². The first-order valence-corrected chi connectivity index (χ1v) is 12.9. The molecule has 0 radical (unpaired) electrons. The number of hydrogen-bond acceptors (Lipinski definition) is 7. The molecule has 0 aliphatic carbocycles. The Labute approximate surface area is 226 Å². The summed E-state index contributed by atoms with van der Waals surface area (Å²) in [7, 11) is 1.61. The van der Waals surface area contributed by atoms with E-state index in [0.29, 0.717) is 36.1 Å². The van der Waals surface area contributed by atoms with Gasteiger partial charge in [-0.25, -0.2) is 0 Å². The van der Waals surface area contributed by atoms with Crippen molar-refractivity contribution >= 4 is 40.2 Å². The Balaban J connectivity index is 1.46. The molecule has 2 aliphatic rings. The lowest BCUT2D eigenvalue weighted by atomic mass is 10.1. The first-order chi connectivity index (χ1) is 19.0. The molecule has 0 saturated carbocycles. The molecule has 3 aromatic carbocycles.